The van der Waals surface area contributed by atoms with Crippen molar-refractivity contribution in [2.24, 2.45) is 0 Å². The number of benzene rings is 4. The summed E-state index contributed by atoms with van der Waals surface area (Å²) >= 11 is 5.41. The van der Waals surface area contributed by atoms with Crippen molar-refractivity contribution in [2.75, 3.05) is 5.32 Å². The molecular formula is C25H19N5OS. The number of carbonyl (C=O) groups is 1. The third kappa shape index (κ3) is 3.81. The maximum atomic E-state index is 12.9. The molecular weight excluding hydrogens is 418 g/mol. The minimum atomic E-state index is -0.256. The van der Waals surface area contributed by atoms with E-state index < -0.39 is 0 Å². The van der Waals surface area contributed by atoms with Crippen molar-refractivity contribution in [1.29, 1.82) is 0 Å². The SMILES string of the molecule is Cc1cc2nn(-c3ccccc3)nc2cc1NC(=S)NC(=O)c1cccc2ccccc12. The highest BCUT2D eigenvalue weighted by molar-refractivity contribution is 7.80. The number of rotatable bonds is 3. The van der Waals surface area contributed by atoms with Crippen molar-refractivity contribution < 1.29 is 4.79 Å². The Morgan fingerprint density at radius 1 is 0.875 bits per heavy atom. The van der Waals surface area contributed by atoms with Gasteiger partial charge in [-0.25, -0.2) is 0 Å². The Kier molecular flexibility index (Phi) is 5.09. The molecule has 4 aromatic carbocycles. The number of hydrogen-bond acceptors (Lipinski definition) is 4. The van der Waals surface area contributed by atoms with Crippen LogP contribution in [0.2, 0.25) is 0 Å². The van der Waals surface area contributed by atoms with Crippen molar-refractivity contribution in [1.82, 2.24) is 20.3 Å². The first-order valence-electron chi connectivity index (χ1n) is 10.1. The van der Waals surface area contributed by atoms with Crippen molar-refractivity contribution in [2.45, 2.75) is 6.92 Å². The molecule has 0 aliphatic rings. The number of anilines is 1. The topological polar surface area (TPSA) is 71.8 Å². The largest absolute Gasteiger partial charge is 0.332 e. The van der Waals surface area contributed by atoms with E-state index in [0.29, 0.717) is 5.56 Å². The number of aryl methyl sites for hydroxylation is 1. The third-order valence-corrected chi connectivity index (χ3v) is 5.43. The van der Waals surface area contributed by atoms with Gasteiger partial charge in [0.2, 0.25) is 0 Å². The second-order valence-corrected chi connectivity index (χ2v) is 7.82. The van der Waals surface area contributed by atoms with Gasteiger partial charge in [-0.05, 0) is 65.8 Å². The standard InChI is InChI=1S/C25H19N5OS/c1-16-14-22-23(29-30(28-22)18-10-3-2-4-11-18)15-21(16)26-25(32)27-24(31)20-13-7-9-17-8-5-6-12-19(17)20/h2-15H,1H3,(H2,26,27,31,32). The monoisotopic (exact) mass is 437 g/mol. The minimum Gasteiger partial charge on any atom is -0.332 e. The molecule has 1 heterocycles. The molecule has 1 aromatic heterocycles. The van der Waals surface area contributed by atoms with E-state index in [0.717, 1.165) is 38.7 Å². The summed E-state index contributed by atoms with van der Waals surface area (Å²) in [5, 5.41) is 17.1. The van der Waals surface area contributed by atoms with Crippen molar-refractivity contribution >= 4 is 50.7 Å². The number of hydrogen-bond donors (Lipinski definition) is 2. The third-order valence-electron chi connectivity index (χ3n) is 5.22. The normalized spacial score (nSPS) is 10.9. The predicted octanol–water partition coefficient (Wildman–Crippen LogP) is 5.01. The van der Waals surface area contributed by atoms with Crippen LogP contribution in [-0.4, -0.2) is 26.0 Å². The van der Waals surface area contributed by atoms with E-state index in [1.165, 1.54) is 0 Å². The van der Waals surface area contributed by atoms with Crippen molar-refractivity contribution in [3.05, 3.63) is 96.1 Å². The molecule has 0 spiro atoms. The molecule has 0 aliphatic carbocycles. The maximum Gasteiger partial charge on any atom is 0.258 e. The molecule has 0 aliphatic heterocycles. The fraction of sp³-hybridized carbons (Fsp3) is 0.0400. The molecule has 7 heteroatoms. The van der Waals surface area contributed by atoms with Crippen molar-refractivity contribution in [3.63, 3.8) is 0 Å². The van der Waals surface area contributed by atoms with Crippen LogP contribution >= 0.6 is 12.2 Å². The van der Waals surface area contributed by atoms with E-state index in [-0.39, 0.29) is 11.0 Å². The lowest BCUT2D eigenvalue weighted by Gasteiger charge is -2.12. The van der Waals surface area contributed by atoms with Gasteiger partial charge >= 0.3 is 0 Å². The number of carbonyl (C=O) groups excluding carboxylic acids is 1. The van der Waals surface area contributed by atoms with Gasteiger partial charge < -0.3 is 5.32 Å². The molecule has 0 saturated heterocycles. The second kappa shape index (κ2) is 8.20. The van der Waals surface area contributed by atoms with Crippen LogP contribution in [0.3, 0.4) is 0 Å². The smallest absolute Gasteiger partial charge is 0.258 e. The van der Waals surface area contributed by atoms with Gasteiger partial charge in [-0.1, -0.05) is 54.6 Å². The van der Waals surface area contributed by atoms with Crippen LogP contribution in [0.25, 0.3) is 27.5 Å². The van der Waals surface area contributed by atoms with Crippen LogP contribution in [0, 0.1) is 6.92 Å². The summed E-state index contributed by atoms with van der Waals surface area (Å²) in [6.45, 7) is 1.96. The highest BCUT2D eigenvalue weighted by Gasteiger charge is 2.13. The Bertz CT molecular complexity index is 1470. The average Bonchev–Trinajstić information content (AvgIpc) is 3.22. The molecule has 156 valence electrons. The number of thiocarbonyl (C=S) groups is 1. The Balaban J connectivity index is 1.37. The van der Waals surface area contributed by atoms with E-state index in [4.69, 9.17) is 12.2 Å². The zero-order chi connectivity index (χ0) is 22.1. The van der Waals surface area contributed by atoms with Crippen LogP contribution in [0.5, 0.6) is 0 Å². The van der Waals surface area contributed by atoms with E-state index in [9.17, 15) is 4.79 Å². The molecule has 32 heavy (non-hydrogen) atoms. The number of para-hydroxylation sites is 1. The van der Waals surface area contributed by atoms with Gasteiger partial charge in [-0.3, -0.25) is 10.1 Å². The molecule has 5 aromatic rings. The number of amides is 1. The zero-order valence-corrected chi connectivity index (χ0v) is 18.1. The van der Waals surface area contributed by atoms with E-state index >= 15 is 0 Å². The summed E-state index contributed by atoms with van der Waals surface area (Å²) in [6.07, 6.45) is 0. The summed E-state index contributed by atoms with van der Waals surface area (Å²) in [5.41, 5.74) is 4.67. The molecule has 0 fully saturated rings. The predicted molar refractivity (Wildman–Crippen MR) is 131 cm³/mol. The molecule has 0 bridgehead atoms. The lowest BCUT2D eigenvalue weighted by molar-refractivity contribution is 0.0979. The van der Waals surface area contributed by atoms with Crippen LogP contribution in [0.15, 0.2) is 84.9 Å². The number of aromatic nitrogens is 3. The summed E-state index contributed by atoms with van der Waals surface area (Å²) in [5.74, 6) is -0.256. The maximum absolute atomic E-state index is 12.9. The first kappa shape index (κ1) is 19.8. The Hall–Kier alpha value is -4.10. The van der Waals surface area contributed by atoms with Crippen LogP contribution in [0.4, 0.5) is 5.69 Å². The molecule has 2 N–H and O–H groups in total. The van der Waals surface area contributed by atoms with Crippen LogP contribution < -0.4 is 10.6 Å². The van der Waals surface area contributed by atoms with Gasteiger partial charge in [-0.2, -0.15) is 4.80 Å². The number of nitrogens with zero attached hydrogens (tertiary/aromatic N) is 3. The zero-order valence-electron chi connectivity index (χ0n) is 17.2. The fourth-order valence-corrected chi connectivity index (χ4v) is 3.83. The lowest BCUT2D eigenvalue weighted by atomic mass is 10.0. The van der Waals surface area contributed by atoms with Gasteiger partial charge in [0.25, 0.3) is 5.91 Å². The summed E-state index contributed by atoms with van der Waals surface area (Å²) in [6, 6.07) is 27.0. The Morgan fingerprint density at radius 3 is 2.38 bits per heavy atom. The fourth-order valence-electron chi connectivity index (χ4n) is 3.63. The minimum absolute atomic E-state index is 0.223. The quantitative estimate of drug-likeness (QED) is 0.388. The highest BCUT2D eigenvalue weighted by Crippen LogP contribution is 2.22. The van der Waals surface area contributed by atoms with E-state index in [1.54, 1.807) is 10.9 Å². The number of fused-ring (bicyclic) bond motifs is 2. The Morgan fingerprint density at radius 2 is 1.56 bits per heavy atom. The first-order valence-corrected chi connectivity index (χ1v) is 10.5. The van der Waals surface area contributed by atoms with E-state index in [1.807, 2.05) is 85.8 Å². The molecule has 0 radical (unpaired) electrons. The first-order chi connectivity index (χ1) is 15.6. The molecule has 0 unspecified atom stereocenters. The Labute approximate surface area is 189 Å². The van der Waals surface area contributed by atoms with Gasteiger partial charge in [0.05, 0.1) is 5.69 Å². The van der Waals surface area contributed by atoms with Gasteiger partial charge in [0.15, 0.2) is 5.11 Å². The van der Waals surface area contributed by atoms with E-state index in [2.05, 4.69) is 20.8 Å². The van der Waals surface area contributed by atoms with Crippen LogP contribution in [0.1, 0.15) is 15.9 Å². The second-order valence-electron chi connectivity index (χ2n) is 7.42. The average molecular weight is 438 g/mol. The lowest BCUT2D eigenvalue weighted by Crippen LogP contribution is -2.34. The summed E-state index contributed by atoms with van der Waals surface area (Å²) in [4.78, 5) is 14.5. The molecule has 0 atom stereocenters. The molecule has 6 nitrogen and oxygen atoms in total. The van der Waals surface area contributed by atoms with Gasteiger partial charge in [-0.15, -0.1) is 10.2 Å². The number of nitrogens with one attached hydrogen (secondary N) is 2. The van der Waals surface area contributed by atoms with Gasteiger partial charge in [0, 0.05) is 11.3 Å². The molecule has 0 saturated carbocycles. The van der Waals surface area contributed by atoms with Gasteiger partial charge in [0.1, 0.15) is 11.0 Å². The highest BCUT2D eigenvalue weighted by atomic mass is 32.1. The summed E-state index contributed by atoms with van der Waals surface area (Å²) < 4.78 is 0. The molecule has 5 rings (SSSR count). The van der Waals surface area contributed by atoms with Crippen LogP contribution in [-0.2, 0) is 0 Å². The summed E-state index contributed by atoms with van der Waals surface area (Å²) in [7, 11) is 0. The van der Waals surface area contributed by atoms with Crippen molar-refractivity contribution in [3.8, 4) is 5.69 Å². The molecule has 1 amide bonds.